The van der Waals surface area contributed by atoms with Gasteiger partial charge in [0.15, 0.2) is 0 Å². The Kier molecular flexibility index (Phi) is 10.2. The number of hydrogen-bond donors (Lipinski definition) is 1. The summed E-state index contributed by atoms with van der Waals surface area (Å²) in [4.78, 5) is 27.2. The molecule has 35 heavy (non-hydrogen) atoms. The van der Waals surface area contributed by atoms with Crippen LogP contribution in [0.15, 0.2) is 42.5 Å². The Morgan fingerprint density at radius 1 is 1.09 bits per heavy atom. The van der Waals surface area contributed by atoms with Gasteiger partial charge in [0.1, 0.15) is 11.9 Å². The normalized spacial score (nSPS) is 12.2. The number of amides is 2. The number of aryl methyl sites for hydroxylation is 1. The Hall–Kier alpha value is -2.94. The molecule has 0 aromatic heterocycles. The number of rotatable bonds is 12. The standard InChI is InChI=1S/C26H36FN3O4S/c1-6-16-28-26(32)21(4)29(18-22-12-7-8-13-23(22)27)25(31)15-10-17-30(35(5,33)34)24-14-9-11-19(2)20(24)3/h7-9,11-14,21H,6,10,15-18H2,1-5H3,(H,28,32)/t21-/m0/s1. The smallest absolute Gasteiger partial charge is 0.242 e. The third kappa shape index (κ3) is 7.78. The summed E-state index contributed by atoms with van der Waals surface area (Å²) >= 11 is 0. The summed E-state index contributed by atoms with van der Waals surface area (Å²) in [6.45, 7) is 7.84. The lowest BCUT2D eigenvalue weighted by molar-refractivity contribution is -0.140. The van der Waals surface area contributed by atoms with Crippen LogP contribution in [0.2, 0.25) is 0 Å². The van der Waals surface area contributed by atoms with Gasteiger partial charge in [-0.2, -0.15) is 0 Å². The second kappa shape index (κ2) is 12.7. The van der Waals surface area contributed by atoms with Crippen LogP contribution in [0, 0.1) is 19.7 Å². The van der Waals surface area contributed by atoms with Gasteiger partial charge in [-0.05, 0) is 56.9 Å². The molecule has 9 heteroatoms. The minimum atomic E-state index is -3.57. The van der Waals surface area contributed by atoms with Gasteiger partial charge >= 0.3 is 0 Å². The maximum Gasteiger partial charge on any atom is 0.242 e. The van der Waals surface area contributed by atoms with Gasteiger partial charge in [0, 0.05) is 31.6 Å². The lowest BCUT2D eigenvalue weighted by Gasteiger charge is -2.30. The van der Waals surface area contributed by atoms with Crippen molar-refractivity contribution in [2.75, 3.05) is 23.7 Å². The Morgan fingerprint density at radius 3 is 2.40 bits per heavy atom. The first kappa shape index (κ1) is 28.3. The van der Waals surface area contributed by atoms with Gasteiger partial charge in [-0.1, -0.05) is 37.3 Å². The van der Waals surface area contributed by atoms with Crippen LogP contribution < -0.4 is 9.62 Å². The molecule has 1 N–H and O–H groups in total. The lowest BCUT2D eigenvalue weighted by atomic mass is 10.1. The molecule has 2 aromatic rings. The van der Waals surface area contributed by atoms with E-state index in [1.165, 1.54) is 15.3 Å². The number of halogens is 1. The Bertz CT molecular complexity index is 1140. The fraction of sp³-hybridized carbons (Fsp3) is 0.462. The van der Waals surface area contributed by atoms with Crippen molar-refractivity contribution in [1.82, 2.24) is 10.2 Å². The third-order valence-corrected chi connectivity index (χ3v) is 7.19. The highest BCUT2D eigenvalue weighted by Gasteiger charge is 2.27. The van der Waals surface area contributed by atoms with Crippen LogP contribution in [0.4, 0.5) is 10.1 Å². The second-order valence-corrected chi connectivity index (χ2v) is 10.6. The molecule has 1 atom stereocenters. The van der Waals surface area contributed by atoms with E-state index in [1.54, 1.807) is 37.3 Å². The molecule has 0 heterocycles. The first-order chi connectivity index (χ1) is 16.5. The number of hydrogen-bond acceptors (Lipinski definition) is 4. The van der Waals surface area contributed by atoms with Crippen LogP contribution in [0.3, 0.4) is 0 Å². The van der Waals surface area contributed by atoms with Gasteiger partial charge in [0.25, 0.3) is 0 Å². The molecule has 0 aliphatic rings. The van der Waals surface area contributed by atoms with Gasteiger partial charge in [-0.15, -0.1) is 0 Å². The topological polar surface area (TPSA) is 86.8 Å². The van der Waals surface area contributed by atoms with Crippen molar-refractivity contribution in [3.8, 4) is 0 Å². The minimum absolute atomic E-state index is 0.0106. The number of benzene rings is 2. The van der Waals surface area contributed by atoms with Crippen LogP contribution in [0.1, 0.15) is 49.8 Å². The first-order valence-corrected chi connectivity index (χ1v) is 13.7. The van der Waals surface area contributed by atoms with E-state index in [1.807, 2.05) is 26.8 Å². The van der Waals surface area contributed by atoms with E-state index in [0.717, 1.165) is 23.8 Å². The number of carbonyl (C=O) groups is 2. The molecule has 0 radical (unpaired) electrons. The van der Waals surface area contributed by atoms with Crippen LogP contribution in [0.5, 0.6) is 0 Å². The highest BCUT2D eigenvalue weighted by atomic mass is 32.2. The quantitative estimate of drug-likeness (QED) is 0.474. The van der Waals surface area contributed by atoms with Gasteiger partial charge in [0.2, 0.25) is 21.8 Å². The zero-order valence-corrected chi connectivity index (χ0v) is 22.0. The van der Waals surface area contributed by atoms with Crippen molar-refractivity contribution in [3.05, 3.63) is 65.0 Å². The molecule has 0 fully saturated rings. The second-order valence-electron chi connectivity index (χ2n) is 8.74. The maximum absolute atomic E-state index is 14.3. The van der Waals surface area contributed by atoms with E-state index >= 15 is 0 Å². The molecule has 0 bridgehead atoms. The molecule has 2 amide bonds. The monoisotopic (exact) mass is 505 g/mol. The van der Waals surface area contributed by atoms with Crippen molar-refractivity contribution in [3.63, 3.8) is 0 Å². The highest BCUT2D eigenvalue weighted by molar-refractivity contribution is 7.92. The number of carbonyl (C=O) groups excluding carboxylic acids is 2. The molecule has 0 spiro atoms. The third-order valence-electron chi connectivity index (χ3n) is 6.01. The van der Waals surface area contributed by atoms with E-state index in [-0.39, 0.29) is 37.7 Å². The average Bonchev–Trinajstić information content (AvgIpc) is 2.80. The summed E-state index contributed by atoms with van der Waals surface area (Å²) in [5.74, 6) is -1.11. The summed E-state index contributed by atoms with van der Waals surface area (Å²) in [7, 11) is -3.57. The molecule has 2 aromatic carbocycles. The zero-order valence-electron chi connectivity index (χ0n) is 21.2. The van der Waals surface area contributed by atoms with Crippen LogP contribution in [-0.4, -0.2) is 50.5 Å². The highest BCUT2D eigenvalue weighted by Crippen LogP contribution is 2.25. The molecule has 7 nitrogen and oxygen atoms in total. The maximum atomic E-state index is 14.3. The van der Waals surface area contributed by atoms with Crippen LogP contribution in [-0.2, 0) is 26.2 Å². The molecule has 0 aliphatic heterocycles. The molecule has 2 rings (SSSR count). The number of nitrogens with one attached hydrogen (secondary N) is 1. The first-order valence-electron chi connectivity index (χ1n) is 11.8. The fourth-order valence-corrected chi connectivity index (χ4v) is 4.79. The molecular formula is C26H36FN3O4S. The van der Waals surface area contributed by atoms with E-state index < -0.39 is 21.9 Å². The summed E-state index contributed by atoms with van der Waals surface area (Å²) in [6.07, 6.45) is 2.15. The molecule has 0 saturated carbocycles. The Balaban J connectivity index is 2.20. The average molecular weight is 506 g/mol. The van der Waals surface area contributed by atoms with Crippen molar-refractivity contribution in [2.24, 2.45) is 0 Å². The predicted molar refractivity (Wildman–Crippen MR) is 137 cm³/mol. The van der Waals surface area contributed by atoms with Crippen molar-refractivity contribution >= 4 is 27.5 Å². The van der Waals surface area contributed by atoms with Gasteiger partial charge < -0.3 is 10.2 Å². The van der Waals surface area contributed by atoms with E-state index in [4.69, 9.17) is 0 Å². The number of anilines is 1. The molecule has 0 unspecified atom stereocenters. The van der Waals surface area contributed by atoms with Crippen molar-refractivity contribution in [2.45, 2.75) is 59.5 Å². The number of sulfonamides is 1. The van der Waals surface area contributed by atoms with E-state index in [9.17, 15) is 22.4 Å². The Morgan fingerprint density at radius 2 is 1.77 bits per heavy atom. The SMILES string of the molecule is CCCNC(=O)[C@H](C)N(Cc1ccccc1F)C(=O)CCCN(c1cccc(C)c1C)S(C)(=O)=O. The summed E-state index contributed by atoms with van der Waals surface area (Å²) < 4.78 is 40.7. The summed E-state index contributed by atoms with van der Waals surface area (Å²) in [5.41, 5.74) is 2.71. The van der Waals surface area contributed by atoms with E-state index in [0.29, 0.717) is 17.8 Å². The van der Waals surface area contributed by atoms with Crippen molar-refractivity contribution < 1.29 is 22.4 Å². The van der Waals surface area contributed by atoms with E-state index in [2.05, 4.69) is 5.32 Å². The number of nitrogens with zero attached hydrogens (tertiary/aromatic N) is 2. The van der Waals surface area contributed by atoms with Crippen LogP contribution in [0.25, 0.3) is 0 Å². The minimum Gasteiger partial charge on any atom is -0.354 e. The fourth-order valence-electron chi connectivity index (χ4n) is 3.78. The summed E-state index contributed by atoms with van der Waals surface area (Å²) in [5, 5.41) is 2.78. The lowest BCUT2D eigenvalue weighted by Crippen LogP contribution is -2.48. The zero-order chi connectivity index (χ0) is 26.2. The molecule has 192 valence electrons. The molecular weight excluding hydrogens is 469 g/mol. The molecule has 0 aliphatic carbocycles. The van der Waals surface area contributed by atoms with Crippen molar-refractivity contribution in [1.29, 1.82) is 0 Å². The van der Waals surface area contributed by atoms with Gasteiger partial charge in [0.05, 0.1) is 11.9 Å². The summed E-state index contributed by atoms with van der Waals surface area (Å²) in [6, 6.07) is 10.8. The van der Waals surface area contributed by atoms with Crippen LogP contribution >= 0.6 is 0 Å². The predicted octanol–water partition coefficient (Wildman–Crippen LogP) is 3.93. The Labute approximate surface area is 208 Å². The largest absolute Gasteiger partial charge is 0.354 e. The van der Waals surface area contributed by atoms with Gasteiger partial charge in [-0.3, -0.25) is 13.9 Å². The van der Waals surface area contributed by atoms with Gasteiger partial charge in [-0.25, -0.2) is 12.8 Å². The molecule has 0 saturated heterocycles.